The normalized spacial score (nSPS) is 10.5. The molecule has 3 aromatic carbocycles. The van der Waals surface area contributed by atoms with E-state index in [1.54, 1.807) is 31.4 Å². The van der Waals surface area contributed by atoms with Crippen molar-refractivity contribution in [2.75, 3.05) is 12.4 Å². The van der Waals surface area contributed by atoms with Crippen LogP contribution in [-0.4, -0.2) is 13.0 Å². The highest BCUT2D eigenvalue weighted by atomic mass is 79.9. The number of carbonyl (C=O) groups is 1. The molecule has 0 aliphatic heterocycles. The fourth-order valence-electron chi connectivity index (χ4n) is 3.00. The minimum atomic E-state index is -0.514. The maximum atomic E-state index is 14.0. The van der Waals surface area contributed by atoms with Crippen LogP contribution < -0.4 is 14.8 Å². The molecule has 0 unspecified atom stereocenters. The second-order valence-electron chi connectivity index (χ2n) is 6.72. The van der Waals surface area contributed by atoms with Gasteiger partial charge < -0.3 is 14.8 Å². The summed E-state index contributed by atoms with van der Waals surface area (Å²) in [7, 11) is 1.56. The summed E-state index contributed by atoms with van der Waals surface area (Å²) in [5.41, 5.74) is 3.43. The first-order valence-electron chi connectivity index (χ1n) is 9.00. The smallest absolute Gasteiger partial charge is 0.255 e. The molecule has 0 aliphatic rings. The minimum Gasteiger partial charge on any atom is -0.496 e. The zero-order chi connectivity index (χ0) is 21.0. The summed E-state index contributed by atoms with van der Waals surface area (Å²) < 4.78 is 25.9. The van der Waals surface area contributed by atoms with Gasteiger partial charge in [-0.05, 0) is 73.5 Å². The average Bonchev–Trinajstić information content (AvgIpc) is 2.67. The van der Waals surface area contributed by atoms with Crippen molar-refractivity contribution in [2.45, 2.75) is 20.5 Å². The van der Waals surface area contributed by atoms with Crippen LogP contribution >= 0.6 is 15.9 Å². The second-order valence-corrected chi connectivity index (χ2v) is 7.63. The fourth-order valence-corrected chi connectivity index (χ4v) is 3.33. The SMILES string of the molecule is COc1ccc(C(=O)Nc2ccc(Br)cc2F)cc1COc1cc(C)cc(C)c1. The molecule has 0 aromatic heterocycles. The Balaban J connectivity index is 1.79. The van der Waals surface area contributed by atoms with Crippen molar-refractivity contribution in [2.24, 2.45) is 0 Å². The van der Waals surface area contributed by atoms with Crippen molar-refractivity contribution in [1.82, 2.24) is 0 Å². The van der Waals surface area contributed by atoms with Crippen LogP contribution in [0.1, 0.15) is 27.0 Å². The fraction of sp³-hybridized carbons (Fsp3) is 0.174. The number of hydrogen-bond donors (Lipinski definition) is 1. The lowest BCUT2D eigenvalue weighted by Crippen LogP contribution is -2.14. The molecule has 1 amide bonds. The molecule has 29 heavy (non-hydrogen) atoms. The summed E-state index contributed by atoms with van der Waals surface area (Å²) >= 11 is 3.20. The van der Waals surface area contributed by atoms with Gasteiger partial charge >= 0.3 is 0 Å². The van der Waals surface area contributed by atoms with E-state index >= 15 is 0 Å². The van der Waals surface area contributed by atoms with Crippen LogP contribution in [0.15, 0.2) is 59.1 Å². The van der Waals surface area contributed by atoms with E-state index in [0.717, 1.165) is 22.4 Å². The first kappa shape index (κ1) is 20.9. The number of amides is 1. The molecular weight excluding hydrogens is 437 g/mol. The maximum Gasteiger partial charge on any atom is 0.255 e. The number of aryl methyl sites for hydroxylation is 2. The molecule has 3 aromatic rings. The van der Waals surface area contributed by atoms with Crippen molar-refractivity contribution in [3.63, 3.8) is 0 Å². The molecule has 0 radical (unpaired) electrons. The number of hydrogen-bond acceptors (Lipinski definition) is 3. The number of methoxy groups -OCH3 is 1. The van der Waals surface area contributed by atoms with Gasteiger partial charge in [0.05, 0.1) is 12.8 Å². The average molecular weight is 458 g/mol. The first-order chi connectivity index (χ1) is 13.9. The molecule has 6 heteroatoms. The summed E-state index contributed by atoms with van der Waals surface area (Å²) in [6, 6.07) is 15.5. The Labute approximate surface area is 177 Å². The van der Waals surface area contributed by atoms with E-state index in [4.69, 9.17) is 9.47 Å². The number of benzene rings is 3. The Bertz CT molecular complexity index is 1030. The van der Waals surface area contributed by atoms with Crippen LogP contribution in [0.5, 0.6) is 11.5 Å². The number of carbonyl (C=O) groups excluding carboxylic acids is 1. The summed E-state index contributed by atoms with van der Waals surface area (Å²) in [6.45, 7) is 4.25. The highest BCUT2D eigenvalue weighted by Crippen LogP contribution is 2.25. The number of ether oxygens (including phenoxy) is 2. The Morgan fingerprint density at radius 2 is 1.76 bits per heavy atom. The Hall–Kier alpha value is -2.86. The minimum absolute atomic E-state index is 0.113. The van der Waals surface area contributed by atoms with E-state index in [1.807, 2.05) is 26.0 Å². The molecule has 0 bridgehead atoms. The summed E-state index contributed by atoms with van der Waals surface area (Å²) in [5.74, 6) is 0.429. The molecule has 0 fully saturated rings. The largest absolute Gasteiger partial charge is 0.496 e. The molecule has 150 valence electrons. The van der Waals surface area contributed by atoms with Crippen LogP contribution in [0, 0.1) is 19.7 Å². The van der Waals surface area contributed by atoms with E-state index in [1.165, 1.54) is 12.1 Å². The molecule has 0 heterocycles. The highest BCUT2D eigenvalue weighted by molar-refractivity contribution is 9.10. The molecule has 4 nitrogen and oxygen atoms in total. The van der Waals surface area contributed by atoms with E-state index < -0.39 is 11.7 Å². The number of halogens is 2. The van der Waals surface area contributed by atoms with Crippen molar-refractivity contribution < 1.29 is 18.7 Å². The summed E-state index contributed by atoms with van der Waals surface area (Å²) in [6.07, 6.45) is 0. The summed E-state index contributed by atoms with van der Waals surface area (Å²) in [4.78, 5) is 12.6. The number of anilines is 1. The highest BCUT2D eigenvalue weighted by Gasteiger charge is 2.13. The van der Waals surface area contributed by atoms with Gasteiger partial charge in [0.15, 0.2) is 0 Å². The van der Waals surface area contributed by atoms with E-state index in [-0.39, 0.29) is 12.3 Å². The molecular formula is C23H21BrFNO3. The van der Waals surface area contributed by atoms with Gasteiger partial charge in [0.1, 0.15) is 23.9 Å². The van der Waals surface area contributed by atoms with Crippen molar-refractivity contribution >= 4 is 27.5 Å². The van der Waals surface area contributed by atoms with Gasteiger partial charge in [-0.3, -0.25) is 4.79 Å². The summed E-state index contributed by atoms with van der Waals surface area (Å²) in [5, 5.41) is 2.59. The Morgan fingerprint density at radius 3 is 2.41 bits per heavy atom. The predicted octanol–water partition coefficient (Wildman–Crippen LogP) is 6.04. The predicted molar refractivity (Wildman–Crippen MR) is 115 cm³/mol. The lowest BCUT2D eigenvalue weighted by Gasteiger charge is -2.13. The van der Waals surface area contributed by atoms with Crippen LogP contribution in [0.25, 0.3) is 0 Å². The number of rotatable bonds is 6. The van der Waals surface area contributed by atoms with E-state index in [9.17, 15) is 9.18 Å². The lowest BCUT2D eigenvalue weighted by molar-refractivity contribution is 0.102. The van der Waals surface area contributed by atoms with Gasteiger partial charge in [0.2, 0.25) is 0 Å². The van der Waals surface area contributed by atoms with E-state index in [0.29, 0.717) is 15.8 Å². The van der Waals surface area contributed by atoms with Gasteiger partial charge in [-0.2, -0.15) is 0 Å². The lowest BCUT2D eigenvalue weighted by atomic mass is 10.1. The third-order valence-electron chi connectivity index (χ3n) is 4.31. The molecule has 0 saturated heterocycles. The zero-order valence-corrected chi connectivity index (χ0v) is 18.0. The van der Waals surface area contributed by atoms with Crippen LogP contribution in [-0.2, 0) is 6.61 Å². The van der Waals surface area contributed by atoms with Crippen molar-refractivity contribution in [3.8, 4) is 11.5 Å². The number of nitrogens with one attached hydrogen (secondary N) is 1. The van der Waals surface area contributed by atoms with Crippen LogP contribution in [0.2, 0.25) is 0 Å². The third-order valence-corrected chi connectivity index (χ3v) is 4.80. The van der Waals surface area contributed by atoms with Gasteiger partial charge in [-0.1, -0.05) is 22.0 Å². The topological polar surface area (TPSA) is 47.6 Å². The molecule has 0 aliphatic carbocycles. The van der Waals surface area contributed by atoms with Crippen LogP contribution in [0.4, 0.5) is 10.1 Å². The molecule has 0 saturated carbocycles. The molecule has 1 N–H and O–H groups in total. The molecule has 0 spiro atoms. The Morgan fingerprint density at radius 1 is 1.03 bits per heavy atom. The third kappa shape index (κ3) is 5.35. The first-order valence-corrected chi connectivity index (χ1v) is 9.79. The zero-order valence-electron chi connectivity index (χ0n) is 16.4. The standard InChI is InChI=1S/C23H21BrFNO3/c1-14-8-15(2)10-19(9-14)29-13-17-11-16(4-7-22(17)28-3)23(27)26-21-6-5-18(24)12-20(21)25/h4-12H,13H2,1-3H3,(H,26,27). The monoisotopic (exact) mass is 457 g/mol. The second kappa shape index (κ2) is 9.09. The van der Waals surface area contributed by atoms with Gasteiger partial charge in [-0.25, -0.2) is 4.39 Å². The van der Waals surface area contributed by atoms with Gasteiger partial charge in [0.25, 0.3) is 5.91 Å². The molecule has 3 rings (SSSR count). The molecule has 0 atom stereocenters. The van der Waals surface area contributed by atoms with Crippen molar-refractivity contribution in [1.29, 1.82) is 0 Å². The van der Waals surface area contributed by atoms with Gasteiger partial charge in [-0.15, -0.1) is 0 Å². The van der Waals surface area contributed by atoms with Gasteiger partial charge in [0, 0.05) is 15.6 Å². The Kier molecular flexibility index (Phi) is 6.54. The maximum absolute atomic E-state index is 14.0. The van der Waals surface area contributed by atoms with Crippen molar-refractivity contribution in [3.05, 3.63) is 87.1 Å². The van der Waals surface area contributed by atoms with Crippen LogP contribution in [0.3, 0.4) is 0 Å². The van der Waals surface area contributed by atoms with E-state index in [2.05, 4.69) is 27.3 Å². The quantitative estimate of drug-likeness (QED) is 0.490.